The number of benzene rings is 1. The first kappa shape index (κ1) is 12.7. The first-order valence-corrected chi connectivity index (χ1v) is 7.05. The van der Waals surface area contributed by atoms with Gasteiger partial charge in [0, 0.05) is 16.9 Å². The molecule has 2 aromatic rings. The Morgan fingerprint density at radius 2 is 2.12 bits per heavy atom. The van der Waals surface area contributed by atoms with E-state index in [0.717, 1.165) is 34.8 Å². The van der Waals surface area contributed by atoms with Crippen LogP contribution in [0.5, 0.6) is 5.75 Å². The van der Waals surface area contributed by atoms with Crippen molar-refractivity contribution in [3.05, 3.63) is 35.5 Å². The Morgan fingerprint density at radius 1 is 1.24 bits per heavy atom. The molecule has 0 amide bonds. The fourth-order valence-electron chi connectivity index (χ4n) is 1.61. The van der Waals surface area contributed by atoms with Gasteiger partial charge in [-0.2, -0.15) is 0 Å². The Morgan fingerprint density at radius 3 is 2.94 bits per heavy atom. The maximum Gasteiger partial charge on any atom is 0.145 e. The lowest BCUT2D eigenvalue weighted by atomic mass is 10.2. The van der Waals surface area contributed by atoms with Crippen LogP contribution in [0, 0.1) is 0 Å². The second-order valence-corrected chi connectivity index (χ2v) is 4.89. The van der Waals surface area contributed by atoms with Crippen molar-refractivity contribution in [1.29, 1.82) is 0 Å². The molecular weight excluding hydrogens is 302 g/mol. The van der Waals surface area contributed by atoms with Gasteiger partial charge in [0.25, 0.3) is 0 Å². The summed E-state index contributed by atoms with van der Waals surface area (Å²) in [5, 5.41) is 2.66. The molecule has 0 radical (unpaired) electrons. The normalized spacial score (nSPS) is 10.7. The van der Waals surface area contributed by atoms with Crippen LogP contribution in [0.2, 0.25) is 5.02 Å². The minimum atomic E-state index is 0.707. The summed E-state index contributed by atoms with van der Waals surface area (Å²) in [6.45, 7) is 0.707. The van der Waals surface area contributed by atoms with Gasteiger partial charge in [0.15, 0.2) is 0 Å². The van der Waals surface area contributed by atoms with Gasteiger partial charge in [0.2, 0.25) is 0 Å². The van der Waals surface area contributed by atoms with E-state index in [0.29, 0.717) is 11.6 Å². The number of unbranched alkanes of at least 4 members (excludes halogenated alkanes) is 1. The van der Waals surface area contributed by atoms with Crippen LogP contribution in [0.4, 0.5) is 0 Å². The monoisotopic (exact) mass is 313 g/mol. The van der Waals surface area contributed by atoms with Crippen molar-refractivity contribution in [1.82, 2.24) is 4.98 Å². The molecule has 0 aliphatic rings. The summed E-state index contributed by atoms with van der Waals surface area (Å²) in [6, 6.07) is 7.57. The molecule has 90 valence electrons. The average Bonchev–Trinajstić information content (AvgIpc) is 2.37. The molecule has 0 atom stereocenters. The van der Waals surface area contributed by atoms with E-state index in [1.807, 2.05) is 24.3 Å². The van der Waals surface area contributed by atoms with Gasteiger partial charge >= 0.3 is 0 Å². The zero-order valence-corrected chi connectivity index (χ0v) is 11.7. The summed E-state index contributed by atoms with van der Waals surface area (Å²) >= 11 is 9.51. The number of pyridine rings is 1. The van der Waals surface area contributed by atoms with Gasteiger partial charge < -0.3 is 4.74 Å². The van der Waals surface area contributed by atoms with Crippen LogP contribution in [0.1, 0.15) is 12.8 Å². The third-order valence-corrected chi connectivity index (χ3v) is 3.36. The lowest BCUT2D eigenvalue weighted by molar-refractivity contribution is 0.313. The van der Waals surface area contributed by atoms with E-state index in [1.165, 1.54) is 0 Å². The van der Waals surface area contributed by atoms with Gasteiger partial charge in [-0.3, -0.25) is 4.98 Å². The molecule has 0 bridgehead atoms. The molecule has 1 aromatic heterocycles. The van der Waals surface area contributed by atoms with Crippen LogP contribution in [-0.4, -0.2) is 16.9 Å². The van der Waals surface area contributed by atoms with Crippen molar-refractivity contribution in [3.8, 4) is 5.75 Å². The van der Waals surface area contributed by atoms with Crippen molar-refractivity contribution in [2.24, 2.45) is 0 Å². The van der Waals surface area contributed by atoms with Crippen LogP contribution >= 0.6 is 27.5 Å². The third-order valence-electron chi connectivity index (χ3n) is 2.46. The van der Waals surface area contributed by atoms with E-state index in [9.17, 15) is 0 Å². The SMILES string of the molecule is Clc1ccc(OCCCCBr)c2ncccc12. The molecular formula is C13H13BrClNO. The van der Waals surface area contributed by atoms with Crippen molar-refractivity contribution in [2.75, 3.05) is 11.9 Å². The number of rotatable bonds is 5. The lowest BCUT2D eigenvalue weighted by Crippen LogP contribution is -1.98. The Labute approximate surface area is 114 Å². The average molecular weight is 315 g/mol. The van der Waals surface area contributed by atoms with Gasteiger partial charge in [-0.25, -0.2) is 0 Å². The van der Waals surface area contributed by atoms with E-state index in [1.54, 1.807) is 6.20 Å². The molecule has 1 aromatic carbocycles. The van der Waals surface area contributed by atoms with Crippen molar-refractivity contribution in [3.63, 3.8) is 0 Å². The Hall–Kier alpha value is -0.800. The predicted octanol–water partition coefficient (Wildman–Crippen LogP) is 4.44. The predicted molar refractivity (Wildman–Crippen MR) is 75.3 cm³/mol. The fraction of sp³-hybridized carbons (Fsp3) is 0.308. The molecule has 0 N–H and O–H groups in total. The second kappa shape index (κ2) is 6.22. The molecule has 0 saturated carbocycles. The maximum absolute atomic E-state index is 6.11. The zero-order valence-electron chi connectivity index (χ0n) is 9.33. The van der Waals surface area contributed by atoms with Gasteiger partial charge in [0.1, 0.15) is 11.3 Å². The lowest BCUT2D eigenvalue weighted by Gasteiger charge is -2.09. The molecule has 17 heavy (non-hydrogen) atoms. The molecule has 2 rings (SSSR count). The summed E-state index contributed by atoms with van der Waals surface area (Å²) in [4.78, 5) is 4.32. The fourth-order valence-corrected chi connectivity index (χ4v) is 2.22. The minimum absolute atomic E-state index is 0.707. The van der Waals surface area contributed by atoms with E-state index in [2.05, 4.69) is 20.9 Å². The van der Waals surface area contributed by atoms with Crippen LogP contribution in [-0.2, 0) is 0 Å². The second-order valence-electron chi connectivity index (χ2n) is 3.69. The van der Waals surface area contributed by atoms with Gasteiger partial charge in [-0.15, -0.1) is 0 Å². The van der Waals surface area contributed by atoms with Gasteiger partial charge in [-0.1, -0.05) is 27.5 Å². The van der Waals surface area contributed by atoms with E-state index in [4.69, 9.17) is 16.3 Å². The summed E-state index contributed by atoms with van der Waals surface area (Å²) in [5.74, 6) is 0.805. The van der Waals surface area contributed by atoms with Crippen LogP contribution in [0.3, 0.4) is 0 Å². The molecule has 0 aliphatic carbocycles. The highest BCUT2D eigenvalue weighted by Gasteiger charge is 2.06. The Balaban J connectivity index is 2.20. The molecule has 0 unspecified atom stereocenters. The van der Waals surface area contributed by atoms with Crippen LogP contribution < -0.4 is 4.74 Å². The van der Waals surface area contributed by atoms with Crippen molar-refractivity contribution in [2.45, 2.75) is 12.8 Å². The van der Waals surface area contributed by atoms with Crippen molar-refractivity contribution >= 4 is 38.4 Å². The Kier molecular flexibility index (Phi) is 4.63. The number of aromatic nitrogens is 1. The number of nitrogens with zero attached hydrogens (tertiary/aromatic N) is 1. The number of ether oxygens (including phenoxy) is 1. The highest BCUT2D eigenvalue weighted by atomic mass is 79.9. The first-order chi connectivity index (χ1) is 8.33. The molecule has 0 spiro atoms. The summed E-state index contributed by atoms with van der Waals surface area (Å²) < 4.78 is 5.73. The molecule has 0 fully saturated rings. The first-order valence-electron chi connectivity index (χ1n) is 5.55. The topological polar surface area (TPSA) is 22.1 Å². The molecule has 0 aliphatic heterocycles. The standard InChI is InChI=1S/C13H13BrClNO/c14-7-1-2-9-17-12-6-5-11(15)10-4-3-8-16-13(10)12/h3-6,8H,1-2,7,9H2. The molecule has 2 nitrogen and oxygen atoms in total. The quantitative estimate of drug-likeness (QED) is 0.601. The van der Waals surface area contributed by atoms with Crippen LogP contribution in [0.25, 0.3) is 10.9 Å². The maximum atomic E-state index is 6.11. The number of alkyl halides is 1. The molecule has 1 heterocycles. The van der Waals surface area contributed by atoms with E-state index < -0.39 is 0 Å². The van der Waals surface area contributed by atoms with E-state index >= 15 is 0 Å². The summed E-state index contributed by atoms with van der Waals surface area (Å²) in [7, 11) is 0. The largest absolute Gasteiger partial charge is 0.491 e. The van der Waals surface area contributed by atoms with Crippen LogP contribution in [0.15, 0.2) is 30.5 Å². The third kappa shape index (κ3) is 3.11. The van der Waals surface area contributed by atoms with E-state index in [-0.39, 0.29) is 0 Å². The molecule has 4 heteroatoms. The highest BCUT2D eigenvalue weighted by molar-refractivity contribution is 9.09. The Bertz CT molecular complexity index is 504. The zero-order chi connectivity index (χ0) is 12.1. The number of hydrogen-bond donors (Lipinski definition) is 0. The number of fused-ring (bicyclic) bond motifs is 1. The van der Waals surface area contributed by atoms with Gasteiger partial charge in [-0.05, 0) is 37.1 Å². The smallest absolute Gasteiger partial charge is 0.145 e. The van der Waals surface area contributed by atoms with Crippen molar-refractivity contribution < 1.29 is 4.74 Å². The summed E-state index contributed by atoms with van der Waals surface area (Å²) in [6.07, 6.45) is 3.89. The highest BCUT2D eigenvalue weighted by Crippen LogP contribution is 2.29. The molecule has 0 saturated heterocycles. The summed E-state index contributed by atoms with van der Waals surface area (Å²) in [5.41, 5.74) is 0.832. The van der Waals surface area contributed by atoms with Gasteiger partial charge in [0.05, 0.1) is 11.6 Å². The number of hydrogen-bond acceptors (Lipinski definition) is 2. The number of halogens is 2. The minimum Gasteiger partial charge on any atom is -0.491 e.